The lowest BCUT2D eigenvalue weighted by molar-refractivity contribution is 0.0380. The third kappa shape index (κ3) is 4.31. The van der Waals surface area contributed by atoms with Gasteiger partial charge in [-0.3, -0.25) is 4.79 Å². The molecule has 0 aromatic heterocycles. The van der Waals surface area contributed by atoms with E-state index in [-0.39, 0.29) is 28.8 Å². The van der Waals surface area contributed by atoms with E-state index in [9.17, 15) is 14.3 Å². The molecule has 0 radical (unpaired) electrons. The van der Waals surface area contributed by atoms with Crippen LogP contribution >= 0.6 is 23.2 Å². The highest BCUT2D eigenvalue weighted by molar-refractivity contribution is 6.36. The summed E-state index contributed by atoms with van der Waals surface area (Å²) in [5, 5.41) is 9.45. The standard InChI is InChI=1S/C12H14Cl2FNO3/c1-16(5-7(17)6-19-2)12(18)8-3-11(15)10(14)4-9(8)13/h3-4,7,17H,5-6H2,1-2H3. The van der Waals surface area contributed by atoms with Crippen LogP contribution < -0.4 is 0 Å². The molecule has 0 saturated carbocycles. The SMILES string of the molecule is COCC(O)CN(C)C(=O)c1cc(F)c(Cl)cc1Cl. The number of hydrogen-bond donors (Lipinski definition) is 1. The van der Waals surface area contributed by atoms with E-state index in [1.165, 1.54) is 25.1 Å². The Morgan fingerprint density at radius 2 is 2.11 bits per heavy atom. The third-order valence-corrected chi connectivity index (χ3v) is 3.03. The smallest absolute Gasteiger partial charge is 0.255 e. The average Bonchev–Trinajstić information content (AvgIpc) is 2.33. The van der Waals surface area contributed by atoms with Gasteiger partial charge in [0.15, 0.2) is 0 Å². The highest BCUT2D eigenvalue weighted by Crippen LogP contribution is 2.25. The number of benzene rings is 1. The number of nitrogens with zero attached hydrogens (tertiary/aromatic N) is 1. The number of hydrogen-bond acceptors (Lipinski definition) is 3. The molecule has 0 heterocycles. The van der Waals surface area contributed by atoms with Crippen LogP contribution in [-0.2, 0) is 4.74 Å². The minimum atomic E-state index is -0.824. The van der Waals surface area contributed by atoms with Gasteiger partial charge in [0.2, 0.25) is 0 Å². The van der Waals surface area contributed by atoms with E-state index in [0.29, 0.717) is 0 Å². The number of carbonyl (C=O) groups excluding carboxylic acids is 1. The van der Waals surface area contributed by atoms with Gasteiger partial charge in [-0.25, -0.2) is 4.39 Å². The molecule has 0 aliphatic carbocycles. The zero-order valence-electron chi connectivity index (χ0n) is 10.5. The van der Waals surface area contributed by atoms with Gasteiger partial charge in [-0.05, 0) is 12.1 Å². The molecule has 7 heteroatoms. The Morgan fingerprint density at radius 3 is 2.68 bits per heavy atom. The van der Waals surface area contributed by atoms with Gasteiger partial charge in [-0.1, -0.05) is 23.2 Å². The zero-order valence-corrected chi connectivity index (χ0v) is 12.0. The van der Waals surface area contributed by atoms with E-state index in [1.807, 2.05) is 0 Å². The normalized spacial score (nSPS) is 12.3. The summed E-state index contributed by atoms with van der Waals surface area (Å²) in [6.45, 7) is 0.146. The molecule has 0 saturated heterocycles. The maximum Gasteiger partial charge on any atom is 0.255 e. The van der Waals surface area contributed by atoms with Crippen molar-refractivity contribution in [3.63, 3.8) is 0 Å². The van der Waals surface area contributed by atoms with Gasteiger partial charge in [0.05, 0.1) is 28.3 Å². The quantitative estimate of drug-likeness (QED) is 0.848. The topological polar surface area (TPSA) is 49.8 Å². The second-order valence-electron chi connectivity index (χ2n) is 4.04. The number of carbonyl (C=O) groups is 1. The molecule has 0 bridgehead atoms. The van der Waals surface area contributed by atoms with Gasteiger partial charge in [-0.2, -0.15) is 0 Å². The maximum absolute atomic E-state index is 13.3. The van der Waals surface area contributed by atoms with Crippen molar-refractivity contribution in [2.75, 3.05) is 27.3 Å². The molecule has 1 N–H and O–H groups in total. The first kappa shape index (κ1) is 16.2. The molecule has 106 valence electrons. The van der Waals surface area contributed by atoms with E-state index in [1.54, 1.807) is 0 Å². The van der Waals surface area contributed by atoms with Gasteiger partial charge >= 0.3 is 0 Å². The summed E-state index contributed by atoms with van der Waals surface area (Å²) in [5.41, 5.74) is -0.00400. The molecule has 1 rings (SSSR count). The van der Waals surface area contributed by atoms with E-state index >= 15 is 0 Å². The fourth-order valence-corrected chi connectivity index (χ4v) is 2.00. The van der Waals surface area contributed by atoms with E-state index in [0.717, 1.165) is 6.07 Å². The Labute approximate surface area is 120 Å². The van der Waals surface area contributed by atoms with Crippen LogP contribution in [0.3, 0.4) is 0 Å². The minimum absolute atomic E-state index is 0.00400. The first-order valence-corrected chi connectivity index (χ1v) is 6.19. The summed E-state index contributed by atoms with van der Waals surface area (Å²) in [7, 11) is 2.92. The second-order valence-corrected chi connectivity index (χ2v) is 4.86. The summed E-state index contributed by atoms with van der Waals surface area (Å²) < 4.78 is 18.1. The summed E-state index contributed by atoms with van der Waals surface area (Å²) in [4.78, 5) is 13.3. The van der Waals surface area contributed by atoms with Crippen molar-refractivity contribution < 1.29 is 19.0 Å². The number of rotatable bonds is 5. The Balaban J connectivity index is 2.85. The lowest BCUT2D eigenvalue weighted by atomic mass is 10.2. The van der Waals surface area contributed by atoms with Gasteiger partial charge < -0.3 is 14.7 Å². The first-order valence-electron chi connectivity index (χ1n) is 5.43. The predicted octanol–water partition coefficient (Wildman–Crippen LogP) is 2.21. The van der Waals surface area contributed by atoms with Crippen molar-refractivity contribution in [1.82, 2.24) is 4.90 Å². The number of likely N-dealkylation sites (N-methyl/N-ethyl adjacent to an activating group) is 1. The van der Waals surface area contributed by atoms with Crippen LogP contribution in [0.2, 0.25) is 10.0 Å². The van der Waals surface area contributed by atoms with E-state index < -0.39 is 17.8 Å². The molecule has 0 aliphatic rings. The summed E-state index contributed by atoms with van der Waals surface area (Å²) in [5.74, 6) is -1.23. The highest BCUT2D eigenvalue weighted by Gasteiger charge is 2.19. The number of ether oxygens (including phenoxy) is 1. The lowest BCUT2D eigenvalue weighted by Gasteiger charge is -2.21. The number of amides is 1. The zero-order chi connectivity index (χ0) is 14.6. The van der Waals surface area contributed by atoms with Crippen molar-refractivity contribution >= 4 is 29.1 Å². The molecular weight excluding hydrogens is 296 g/mol. The molecule has 0 aliphatic heterocycles. The molecule has 0 fully saturated rings. The number of aliphatic hydroxyl groups is 1. The average molecular weight is 310 g/mol. The summed E-state index contributed by atoms with van der Waals surface area (Å²) >= 11 is 11.4. The first-order chi connectivity index (χ1) is 8.86. The number of halogens is 3. The van der Waals surface area contributed by atoms with Gasteiger partial charge in [0.1, 0.15) is 5.82 Å². The number of methoxy groups -OCH3 is 1. The van der Waals surface area contributed by atoms with Crippen molar-refractivity contribution in [2.45, 2.75) is 6.10 Å². The fraction of sp³-hybridized carbons (Fsp3) is 0.417. The molecule has 1 aromatic rings. The van der Waals surface area contributed by atoms with Crippen LogP contribution in [0.25, 0.3) is 0 Å². The van der Waals surface area contributed by atoms with Crippen molar-refractivity contribution in [3.8, 4) is 0 Å². The van der Waals surface area contributed by atoms with E-state index in [4.69, 9.17) is 27.9 Å². The molecule has 1 atom stereocenters. The van der Waals surface area contributed by atoms with Crippen molar-refractivity contribution in [1.29, 1.82) is 0 Å². The Morgan fingerprint density at radius 1 is 1.47 bits per heavy atom. The maximum atomic E-state index is 13.3. The largest absolute Gasteiger partial charge is 0.389 e. The van der Waals surface area contributed by atoms with Gasteiger partial charge in [-0.15, -0.1) is 0 Å². The monoisotopic (exact) mass is 309 g/mol. The van der Waals surface area contributed by atoms with Crippen LogP contribution in [0.4, 0.5) is 4.39 Å². The Kier molecular flexibility index (Phi) is 6.00. The van der Waals surface area contributed by atoms with Crippen LogP contribution in [0.5, 0.6) is 0 Å². The third-order valence-electron chi connectivity index (χ3n) is 2.43. The minimum Gasteiger partial charge on any atom is -0.389 e. The lowest BCUT2D eigenvalue weighted by Crippen LogP contribution is -2.36. The number of aliphatic hydroxyl groups excluding tert-OH is 1. The Bertz CT molecular complexity index is 471. The van der Waals surface area contributed by atoms with Crippen LogP contribution in [0, 0.1) is 5.82 Å². The Hall–Kier alpha value is -0.880. The molecule has 4 nitrogen and oxygen atoms in total. The predicted molar refractivity (Wildman–Crippen MR) is 71.3 cm³/mol. The fourth-order valence-electron chi connectivity index (χ4n) is 1.54. The molecule has 1 amide bonds. The van der Waals surface area contributed by atoms with Crippen LogP contribution in [0.1, 0.15) is 10.4 Å². The van der Waals surface area contributed by atoms with Gasteiger partial charge in [0.25, 0.3) is 5.91 Å². The molecule has 0 spiro atoms. The highest BCUT2D eigenvalue weighted by atomic mass is 35.5. The molecule has 1 aromatic carbocycles. The molecular formula is C12H14Cl2FNO3. The van der Waals surface area contributed by atoms with Crippen molar-refractivity contribution in [3.05, 3.63) is 33.6 Å². The molecule has 1 unspecified atom stereocenters. The van der Waals surface area contributed by atoms with Crippen molar-refractivity contribution in [2.24, 2.45) is 0 Å². The summed E-state index contributed by atoms with van der Waals surface area (Å²) in [6.07, 6.45) is -0.824. The van der Waals surface area contributed by atoms with Gasteiger partial charge in [0, 0.05) is 20.7 Å². The van der Waals surface area contributed by atoms with E-state index in [2.05, 4.69) is 0 Å². The second kappa shape index (κ2) is 7.05. The molecule has 19 heavy (non-hydrogen) atoms. The van der Waals surface area contributed by atoms with Crippen LogP contribution in [-0.4, -0.2) is 49.3 Å². The summed E-state index contributed by atoms with van der Waals surface area (Å²) in [6, 6.07) is 2.15. The van der Waals surface area contributed by atoms with Crippen LogP contribution in [0.15, 0.2) is 12.1 Å².